The normalized spacial score (nSPS) is 47.3. The number of hydrogen-bond acceptors (Lipinski definition) is 12. The van der Waals surface area contributed by atoms with Crippen molar-refractivity contribution >= 4 is 11.9 Å². The number of aliphatic hydroxyl groups is 4. The molecule has 0 aromatic heterocycles. The minimum atomic E-state index is -2.27. The van der Waals surface area contributed by atoms with E-state index in [0.29, 0.717) is 24.0 Å². The van der Waals surface area contributed by atoms with Crippen LogP contribution < -0.4 is 0 Å². The average Bonchev–Trinajstić information content (AvgIpc) is 3.84. The van der Waals surface area contributed by atoms with Gasteiger partial charge in [0.25, 0.3) is 0 Å². The smallest absolute Gasteiger partial charge is 0.338 e. The van der Waals surface area contributed by atoms with E-state index >= 15 is 0 Å². The quantitative estimate of drug-likeness (QED) is 0.179. The van der Waals surface area contributed by atoms with Crippen molar-refractivity contribution < 1.29 is 58.4 Å². The van der Waals surface area contributed by atoms with Gasteiger partial charge < -0.3 is 48.8 Å². The van der Waals surface area contributed by atoms with Crippen LogP contribution in [0.25, 0.3) is 0 Å². The molecule has 2 aromatic rings. The lowest BCUT2D eigenvalue weighted by molar-refractivity contribution is -0.459. The molecular formula is C44H54O12. The maximum absolute atomic E-state index is 14.0. The molecule has 0 radical (unpaired) electrons. The van der Waals surface area contributed by atoms with E-state index in [4.69, 9.17) is 28.4 Å². The van der Waals surface area contributed by atoms with E-state index in [0.717, 1.165) is 25.7 Å². The fourth-order valence-corrected chi connectivity index (χ4v) is 12.4. The van der Waals surface area contributed by atoms with Gasteiger partial charge in [-0.3, -0.25) is 0 Å². The zero-order valence-electron chi connectivity index (χ0n) is 32.3. The second-order valence-electron chi connectivity index (χ2n) is 17.8. The number of esters is 2. The van der Waals surface area contributed by atoms with Crippen LogP contribution >= 0.6 is 0 Å². The molecule has 5 unspecified atom stereocenters. The van der Waals surface area contributed by atoms with E-state index in [1.54, 1.807) is 54.6 Å². The van der Waals surface area contributed by atoms with Crippen LogP contribution in [0.15, 0.2) is 72.8 Å². The van der Waals surface area contributed by atoms with Crippen molar-refractivity contribution in [3.63, 3.8) is 0 Å². The topological polar surface area (TPSA) is 174 Å². The predicted octanol–water partition coefficient (Wildman–Crippen LogP) is 4.33. The monoisotopic (exact) mass is 774 g/mol. The molecule has 12 heteroatoms. The Morgan fingerprint density at radius 2 is 1.52 bits per heavy atom. The Bertz CT molecular complexity index is 1860. The van der Waals surface area contributed by atoms with Crippen LogP contribution in [0.4, 0.5) is 0 Å². The molecule has 7 fully saturated rings. The zero-order valence-corrected chi connectivity index (χ0v) is 32.3. The minimum Gasteiger partial charge on any atom is -0.462 e. The van der Waals surface area contributed by atoms with E-state index in [-0.39, 0.29) is 24.5 Å². The van der Waals surface area contributed by atoms with Crippen LogP contribution in [0.1, 0.15) is 86.4 Å². The van der Waals surface area contributed by atoms with Gasteiger partial charge in [-0.25, -0.2) is 9.59 Å². The first-order valence-electron chi connectivity index (χ1n) is 20.4. The summed E-state index contributed by atoms with van der Waals surface area (Å²) in [4.78, 5) is 27.7. The number of hydrogen-bond donors (Lipinski definition) is 4. The third-order valence-electron chi connectivity index (χ3n) is 14.9. The number of fused-ring (bicyclic) bond motifs is 1. The van der Waals surface area contributed by atoms with Crippen molar-refractivity contribution in [2.75, 3.05) is 13.2 Å². The number of benzene rings is 2. The lowest BCUT2D eigenvalue weighted by Crippen LogP contribution is -2.75. The molecule has 4 N–H and O–H groups in total. The zero-order chi connectivity index (χ0) is 39.4. The molecule has 2 spiro atoms. The molecule has 3 bridgehead atoms. The first kappa shape index (κ1) is 38.3. The summed E-state index contributed by atoms with van der Waals surface area (Å²) in [5.41, 5.74) is -5.58. The van der Waals surface area contributed by atoms with Crippen molar-refractivity contribution in [2.24, 2.45) is 35.5 Å². The predicted molar refractivity (Wildman–Crippen MR) is 199 cm³/mol. The molecule has 56 heavy (non-hydrogen) atoms. The van der Waals surface area contributed by atoms with Crippen LogP contribution in [-0.2, 0) is 28.4 Å². The molecule has 3 aliphatic carbocycles. The Kier molecular flexibility index (Phi) is 9.19. The summed E-state index contributed by atoms with van der Waals surface area (Å²) in [6.45, 7) is 9.43. The van der Waals surface area contributed by atoms with Crippen molar-refractivity contribution in [1.82, 2.24) is 0 Å². The van der Waals surface area contributed by atoms with Gasteiger partial charge in [0.1, 0.15) is 47.3 Å². The van der Waals surface area contributed by atoms with Gasteiger partial charge >= 0.3 is 17.9 Å². The SMILES string of the molecule is C=C(C)C12C[C@@H](COC(=O)c3ccccc3)[C@@]34OC5(O[C@@H]1[C@@H]3C1O[C@]1(CO)[C@@H](O)[C@@]1(O)[C@H]4C(C(C)[C@@H]1OC(=O)c1ccccc1)[C@H](C)CCCCCC[C@H]5O)O2. The maximum atomic E-state index is 14.0. The molecule has 3 saturated carbocycles. The highest BCUT2D eigenvalue weighted by atomic mass is 16.9. The van der Waals surface area contributed by atoms with Gasteiger partial charge in [-0.05, 0) is 67.4 Å². The number of carbonyl (C=O) groups excluding carboxylic acids is 2. The number of ether oxygens (including phenoxy) is 6. The van der Waals surface area contributed by atoms with Gasteiger partial charge in [0.2, 0.25) is 0 Å². The molecule has 4 saturated heterocycles. The highest BCUT2D eigenvalue weighted by Gasteiger charge is 2.91. The number of carbonyl (C=O) groups is 2. The largest absolute Gasteiger partial charge is 0.462 e. The summed E-state index contributed by atoms with van der Waals surface area (Å²) in [5.74, 6) is -6.91. The van der Waals surface area contributed by atoms with Crippen LogP contribution in [0.3, 0.4) is 0 Å². The summed E-state index contributed by atoms with van der Waals surface area (Å²) >= 11 is 0. The summed E-state index contributed by atoms with van der Waals surface area (Å²) in [6, 6.07) is 17.2. The van der Waals surface area contributed by atoms with Crippen LogP contribution in [0, 0.1) is 35.5 Å². The van der Waals surface area contributed by atoms with E-state index < -0.39 is 107 Å². The molecule has 9 rings (SSSR count). The molecular weight excluding hydrogens is 720 g/mol. The minimum absolute atomic E-state index is 0.0865. The fraction of sp³-hybridized carbons (Fsp3) is 0.636. The molecule has 12 nitrogen and oxygen atoms in total. The van der Waals surface area contributed by atoms with Gasteiger partial charge in [-0.1, -0.05) is 88.9 Å². The second kappa shape index (κ2) is 13.4. The molecule has 7 aliphatic rings. The summed E-state index contributed by atoms with van der Waals surface area (Å²) in [6.07, 6.45) is -1.51. The lowest BCUT2D eigenvalue weighted by atomic mass is 9.51. The van der Waals surface area contributed by atoms with Crippen LogP contribution in [0.5, 0.6) is 0 Å². The lowest BCUT2D eigenvalue weighted by Gasteiger charge is -2.62. The van der Waals surface area contributed by atoms with E-state index in [2.05, 4.69) is 13.5 Å². The van der Waals surface area contributed by atoms with Crippen molar-refractivity contribution in [1.29, 1.82) is 0 Å². The van der Waals surface area contributed by atoms with Gasteiger partial charge in [0.15, 0.2) is 0 Å². The highest BCUT2D eigenvalue weighted by molar-refractivity contribution is 5.90. The van der Waals surface area contributed by atoms with Crippen LogP contribution in [0.2, 0.25) is 0 Å². The van der Waals surface area contributed by atoms with Crippen molar-refractivity contribution in [3.05, 3.63) is 83.9 Å². The molecule has 16 atom stereocenters. The number of rotatable bonds is 7. The van der Waals surface area contributed by atoms with Crippen molar-refractivity contribution in [2.45, 2.75) is 125 Å². The molecule has 2 aromatic carbocycles. The fourth-order valence-electron chi connectivity index (χ4n) is 12.4. The standard InChI is InChI=1S/C44H54O12/c1-24(2)40-21-29(22-51-37(47)27-16-10-7-11-17-27)43-32-35(40)54-44(55-40,56-43)30(46)20-14-6-5-9-15-25(3)31-26(4)34(52-38(48)28-18-12-8-13-19-28)42(50,33(31)43)39(49)41(23-45)36(32)53-41/h7-8,10-13,16-19,25-26,29-36,39,45-46,49-50H,1,5-6,9,14-15,20-23H2,2-4H3/t25-,26?,29+,30-,31?,32-,33-,34+,35-,36?,39-,40?,41+,42-,43-,44?/m1/s1. The maximum Gasteiger partial charge on any atom is 0.338 e. The number of epoxide rings is 1. The van der Waals surface area contributed by atoms with E-state index in [9.17, 15) is 30.0 Å². The molecule has 0 amide bonds. The Balaban J connectivity index is 1.28. The first-order chi connectivity index (χ1) is 26.8. The van der Waals surface area contributed by atoms with Gasteiger partial charge in [0, 0.05) is 17.8 Å². The third-order valence-corrected chi connectivity index (χ3v) is 14.9. The summed E-state index contributed by atoms with van der Waals surface area (Å²) in [7, 11) is 0. The van der Waals surface area contributed by atoms with Gasteiger partial charge in [-0.15, -0.1) is 0 Å². The Hall–Kier alpha value is -3.20. The average molecular weight is 775 g/mol. The molecule has 4 heterocycles. The number of aliphatic hydroxyl groups excluding tert-OH is 3. The first-order valence-corrected chi connectivity index (χ1v) is 20.4. The van der Waals surface area contributed by atoms with Gasteiger partial charge in [-0.2, -0.15) is 0 Å². The highest BCUT2D eigenvalue weighted by Crippen LogP contribution is 2.75. The summed E-state index contributed by atoms with van der Waals surface area (Å²) in [5, 5.41) is 50.1. The molecule has 4 aliphatic heterocycles. The Labute approximate surface area is 327 Å². The molecule has 302 valence electrons. The third kappa shape index (κ3) is 5.12. The van der Waals surface area contributed by atoms with Crippen LogP contribution in [-0.4, -0.2) is 104 Å². The van der Waals surface area contributed by atoms with E-state index in [1.165, 1.54) is 0 Å². The Morgan fingerprint density at radius 1 is 0.875 bits per heavy atom. The van der Waals surface area contributed by atoms with E-state index in [1.807, 2.05) is 19.9 Å². The van der Waals surface area contributed by atoms with Gasteiger partial charge in [0.05, 0.1) is 29.9 Å². The van der Waals surface area contributed by atoms with Crippen molar-refractivity contribution in [3.8, 4) is 0 Å². The second-order valence-corrected chi connectivity index (χ2v) is 17.8. The summed E-state index contributed by atoms with van der Waals surface area (Å²) < 4.78 is 40.4. The Morgan fingerprint density at radius 3 is 2.16 bits per heavy atom.